The maximum absolute atomic E-state index is 9.76. The van der Waals surface area contributed by atoms with Gasteiger partial charge in [-0.1, -0.05) is 36.4 Å². The zero-order valence-electron chi connectivity index (χ0n) is 18.3. The number of aromatic nitrogens is 1. The van der Waals surface area contributed by atoms with E-state index in [1.807, 2.05) is 43.5 Å². The van der Waals surface area contributed by atoms with Crippen LogP contribution in [0.25, 0.3) is 0 Å². The van der Waals surface area contributed by atoms with Gasteiger partial charge in [-0.15, -0.1) is 24.0 Å². The van der Waals surface area contributed by atoms with Crippen molar-refractivity contribution in [1.29, 1.82) is 0 Å². The summed E-state index contributed by atoms with van der Waals surface area (Å²) in [6.07, 6.45) is 2.13. The number of halogens is 1. The first-order chi connectivity index (χ1) is 14.7. The molecule has 2 aromatic rings. The molecule has 0 radical (unpaired) electrons. The van der Waals surface area contributed by atoms with Crippen LogP contribution in [0.4, 0.5) is 5.82 Å². The van der Waals surface area contributed by atoms with E-state index >= 15 is 0 Å². The van der Waals surface area contributed by atoms with E-state index in [9.17, 15) is 5.11 Å². The molecule has 0 aliphatic carbocycles. The van der Waals surface area contributed by atoms with Crippen molar-refractivity contribution in [3.05, 3.63) is 59.8 Å². The van der Waals surface area contributed by atoms with Gasteiger partial charge in [-0.05, 0) is 31.0 Å². The summed E-state index contributed by atoms with van der Waals surface area (Å²) in [5, 5.41) is 16.4. The van der Waals surface area contributed by atoms with Crippen LogP contribution in [0.3, 0.4) is 0 Å². The highest BCUT2D eigenvalue weighted by Gasteiger charge is 2.17. The Bertz CT molecular complexity index is 788. The van der Waals surface area contributed by atoms with Gasteiger partial charge in [0.25, 0.3) is 0 Å². The third-order valence-corrected chi connectivity index (χ3v) is 5.15. The highest BCUT2D eigenvalue weighted by Crippen LogP contribution is 2.16. The Balaban J connectivity index is 0.00000341. The zero-order chi connectivity index (χ0) is 21.2. The van der Waals surface area contributed by atoms with Crippen LogP contribution >= 0.6 is 24.0 Å². The number of ether oxygens (including phenoxy) is 1. The summed E-state index contributed by atoms with van der Waals surface area (Å²) in [6, 6.07) is 14.2. The monoisotopic (exact) mass is 539 g/mol. The molecule has 1 aromatic carbocycles. The lowest BCUT2D eigenvalue weighted by Gasteiger charge is -2.32. The fraction of sp³-hybridized carbons (Fsp3) is 0.478. The molecule has 1 aromatic heterocycles. The number of aliphatic imine (C=N–C) groups is 1. The van der Waals surface area contributed by atoms with Crippen LogP contribution in [0.2, 0.25) is 0 Å². The summed E-state index contributed by atoms with van der Waals surface area (Å²) >= 11 is 0. The first kappa shape index (κ1) is 25.4. The van der Waals surface area contributed by atoms with E-state index in [2.05, 4.69) is 44.6 Å². The minimum atomic E-state index is 0. The Morgan fingerprint density at radius 3 is 2.71 bits per heavy atom. The number of nitrogens with one attached hydrogen (secondary N) is 2. The van der Waals surface area contributed by atoms with E-state index in [1.54, 1.807) is 0 Å². The number of nitrogens with zero attached hydrogens (tertiary/aromatic N) is 3. The number of hydrogen-bond acceptors (Lipinski definition) is 5. The van der Waals surface area contributed by atoms with Gasteiger partial charge in [0, 0.05) is 38.3 Å². The van der Waals surface area contributed by atoms with Crippen molar-refractivity contribution in [2.45, 2.75) is 32.4 Å². The topological polar surface area (TPSA) is 82.0 Å². The van der Waals surface area contributed by atoms with Crippen LogP contribution < -0.4 is 15.5 Å². The van der Waals surface area contributed by atoms with E-state index in [0.717, 1.165) is 49.1 Å². The van der Waals surface area contributed by atoms with Gasteiger partial charge in [0.05, 0.1) is 25.9 Å². The summed E-state index contributed by atoms with van der Waals surface area (Å²) < 4.78 is 5.60. The molecule has 1 fully saturated rings. The molecule has 3 N–H and O–H groups in total. The second-order valence-corrected chi connectivity index (χ2v) is 7.52. The van der Waals surface area contributed by atoms with E-state index in [0.29, 0.717) is 13.1 Å². The largest absolute Gasteiger partial charge is 0.396 e. The highest BCUT2D eigenvalue weighted by molar-refractivity contribution is 14.0. The standard InChI is InChI=1S/C23H33N5O2.HI/c1-3-24-23(27-15-21(17-29)20-7-5-4-6-8-20)26-14-19-9-10-22(25-13-19)28-11-12-30-18(2)16-28;/h4-10,13,18,21,29H,3,11-12,14-17H2,1-2H3,(H2,24,26,27);1H. The average molecular weight is 539 g/mol. The Morgan fingerprint density at radius 2 is 2.06 bits per heavy atom. The highest BCUT2D eigenvalue weighted by atomic mass is 127. The Kier molecular flexibility index (Phi) is 11.0. The maximum atomic E-state index is 9.76. The number of benzene rings is 1. The molecule has 0 saturated carbocycles. The van der Waals surface area contributed by atoms with E-state index in [1.165, 1.54) is 0 Å². The number of rotatable bonds is 8. The van der Waals surface area contributed by atoms with Gasteiger partial charge in [0.2, 0.25) is 0 Å². The predicted molar refractivity (Wildman–Crippen MR) is 136 cm³/mol. The fourth-order valence-corrected chi connectivity index (χ4v) is 3.47. The van der Waals surface area contributed by atoms with Crippen molar-refractivity contribution in [2.75, 3.05) is 44.3 Å². The molecular formula is C23H34IN5O2. The number of morpholine rings is 1. The Labute approximate surface area is 202 Å². The summed E-state index contributed by atoms with van der Waals surface area (Å²) in [5.41, 5.74) is 2.17. The number of aliphatic hydroxyl groups excluding tert-OH is 1. The van der Waals surface area contributed by atoms with Crippen molar-refractivity contribution >= 4 is 35.8 Å². The van der Waals surface area contributed by atoms with Crippen LogP contribution in [0, 0.1) is 0 Å². The molecule has 3 rings (SSSR count). The lowest BCUT2D eigenvalue weighted by Crippen LogP contribution is -2.41. The minimum absolute atomic E-state index is 0. The number of guanidine groups is 1. The number of aliphatic hydroxyl groups is 1. The molecular weight excluding hydrogens is 505 g/mol. The van der Waals surface area contributed by atoms with Crippen molar-refractivity contribution in [2.24, 2.45) is 4.99 Å². The van der Waals surface area contributed by atoms with Crippen molar-refractivity contribution in [3.63, 3.8) is 0 Å². The molecule has 7 nitrogen and oxygen atoms in total. The quantitative estimate of drug-likeness (QED) is 0.272. The molecule has 2 atom stereocenters. The third kappa shape index (κ3) is 7.93. The molecule has 1 aliphatic heterocycles. The smallest absolute Gasteiger partial charge is 0.191 e. The molecule has 0 bridgehead atoms. The van der Waals surface area contributed by atoms with Crippen molar-refractivity contribution in [3.8, 4) is 0 Å². The van der Waals surface area contributed by atoms with Gasteiger partial charge in [-0.2, -0.15) is 0 Å². The first-order valence-electron chi connectivity index (χ1n) is 10.7. The number of pyridine rings is 1. The van der Waals surface area contributed by atoms with Crippen LogP contribution in [-0.4, -0.2) is 61.5 Å². The van der Waals surface area contributed by atoms with Gasteiger partial charge < -0.3 is 25.4 Å². The van der Waals surface area contributed by atoms with E-state index in [-0.39, 0.29) is 42.6 Å². The van der Waals surface area contributed by atoms with Gasteiger partial charge in [-0.3, -0.25) is 0 Å². The normalized spacial score (nSPS) is 17.6. The van der Waals surface area contributed by atoms with Crippen LogP contribution in [0.1, 0.15) is 30.9 Å². The van der Waals surface area contributed by atoms with Gasteiger partial charge in [-0.25, -0.2) is 9.98 Å². The number of hydrogen-bond donors (Lipinski definition) is 3. The van der Waals surface area contributed by atoms with Gasteiger partial charge in [0.1, 0.15) is 5.82 Å². The van der Waals surface area contributed by atoms with Crippen molar-refractivity contribution in [1.82, 2.24) is 15.6 Å². The molecule has 31 heavy (non-hydrogen) atoms. The molecule has 0 amide bonds. The molecule has 0 spiro atoms. The minimum Gasteiger partial charge on any atom is -0.396 e. The summed E-state index contributed by atoms with van der Waals surface area (Å²) in [5.74, 6) is 1.74. The van der Waals surface area contributed by atoms with E-state index < -0.39 is 0 Å². The molecule has 170 valence electrons. The zero-order valence-corrected chi connectivity index (χ0v) is 20.7. The van der Waals surface area contributed by atoms with Gasteiger partial charge >= 0.3 is 0 Å². The van der Waals surface area contributed by atoms with E-state index in [4.69, 9.17) is 4.74 Å². The molecule has 1 saturated heterocycles. The lowest BCUT2D eigenvalue weighted by atomic mass is 10.0. The Hall–Kier alpha value is -1.91. The maximum Gasteiger partial charge on any atom is 0.191 e. The summed E-state index contributed by atoms with van der Waals surface area (Å²) in [4.78, 5) is 11.5. The van der Waals surface area contributed by atoms with Crippen LogP contribution in [0.5, 0.6) is 0 Å². The van der Waals surface area contributed by atoms with Gasteiger partial charge in [0.15, 0.2) is 5.96 Å². The second kappa shape index (κ2) is 13.5. The predicted octanol–water partition coefficient (Wildman–Crippen LogP) is 2.76. The molecule has 2 unspecified atom stereocenters. The van der Waals surface area contributed by atoms with Crippen LogP contribution in [-0.2, 0) is 11.3 Å². The first-order valence-corrected chi connectivity index (χ1v) is 10.7. The summed E-state index contributed by atoms with van der Waals surface area (Å²) in [6.45, 7) is 8.61. The molecule has 8 heteroatoms. The van der Waals surface area contributed by atoms with Crippen LogP contribution in [0.15, 0.2) is 53.7 Å². The Morgan fingerprint density at radius 1 is 1.26 bits per heavy atom. The third-order valence-electron chi connectivity index (χ3n) is 5.15. The SMILES string of the molecule is CCNC(=NCc1ccc(N2CCOC(C)C2)nc1)NCC(CO)c1ccccc1.I. The number of anilines is 1. The molecule has 1 aliphatic rings. The molecule has 2 heterocycles. The summed E-state index contributed by atoms with van der Waals surface area (Å²) in [7, 11) is 0. The second-order valence-electron chi connectivity index (χ2n) is 7.52. The van der Waals surface area contributed by atoms with Crippen molar-refractivity contribution < 1.29 is 9.84 Å². The average Bonchev–Trinajstić information content (AvgIpc) is 2.79. The lowest BCUT2D eigenvalue weighted by molar-refractivity contribution is 0.0529. The fourth-order valence-electron chi connectivity index (χ4n) is 3.47.